The summed E-state index contributed by atoms with van der Waals surface area (Å²) in [6, 6.07) is 3.94. The molecule has 1 aromatic rings. The first-order valence-electron chi connectivity index (χ1n) is 5.95. The van der Waals surface area contributed by atoms with Crippen LogP contribution in [0.1, 0.15) is 42.3 Å². The van der Waals surface area contributed by atoms with Gasteiger partial charge in [0.25, 0.3) is 0 Å². The monoisotopic (exact) mass is 310 g/mol. The summed E-state index contributed by atoms with van der Waals surface area (Å²) >= 11 is 3.62. The van der Waals surface area contributed by atoms with Crippen molar-refractivity contribution >= 4 is 21.7 Å². The van der Waals surface area contributed by atoms with Crippen molar-refractivity contribution < 1.29 is 9.53 Å². The minimum atomic E-state index is -0.249. The van der Waals surface area contributed by atoms with Gasteiger partial charge in [0.15, 0.2) is 5.78 Å². The van der Waals surface area contributed by atoms with Gasteiger partial charge in [-0.05, 0) is 39.3 Å². The van der Waals surface area contributed by atoms with Gasteiger partial charge >= 0.3 is 0 Å². The Bertz CT molecular complexity index is 470. The first-order chi connectivity index (χ1) is 8.32. The van der Waals surface area contributed by atoms with Crippen LogP contribution in [0.5, 0.6) is 5.75 Å². The molecule has 1 aromatic carbocycles. The molecule has 3 heteroatoms. The number of halogens is 1. The van der Waals surface area contributed by atoms with E-state index in [1.165, 1.54) is 6.08 Å². The zero-order valence-electron chi connectivity index (χ0n) is 11.3. The van der Waals surface area contributed by atoms with Crippen molar-refractivity contribution in [2.45, 2.75) is 32.0 Å². The van der Waals surface area contributed by atoms with Crippen LogP contribution in [0.4, 0.5) is 0 Å². The Morgan fingerprint density at radius 2 is 2.11 bits per heavy atom. The van der Waals surface area contributed by atoms with E-state index >= 15 is 0 Å². The van der Waals surface area contributed by atoms with E-state index in [4.69, 9.17) is 4.74 Å². The lowest BCUT2D eigenvalue weighted by Gasteiger charge is -2.23. The molecule has 0 radical (unpaired) electrons. The molecule has 0 unspecified atom stereocenters. The molecule has 0 aliphatic carbocycles. The van der Waals surface area contributed by atoms with E-state index in [1.54, 1.807) is 0 Å². The number of rotatable bonds is 5. The van der Waals surface area contributed by atoms with E-state index in [9.17, 15) is 4.79 Å². The first kappa shape index (κ1) is 15.0. The quantitative estimate of drug-likeness (QED) is 0.458. The van der Waals surface area contributed by atoms with Crippen molar-refractivity contribution in [3.63, 3.8) is 0 Å². The predicted molar refractivity (Wildman–Crippen MR) is 78.8 cm³/mol. The van der Waals surface area contributed by atoms with Crippen LogP contribution in [0, 0.1) is 6.92 Å². The third kappa shape index (κ3) is 3.02. The highest BCUT2D eigenvalue weighted by molar-refractivity contribution is 9.09. The Morgan fingerprint density at radius 1 is 1.50 bits per heavy atom. The van der Waals surface area contributed by atoms with Crippen molar-refractivity contribution in [3.8, 4) is 5.75 Å². The number of ketones is 1. The van der Waals surface area contributed by atoms with Crippen molar-refractivity contribution in [3.05, 3.63) is 41.5 Å². The standard InChI is InChI=1S/C15H19BrO2/c1-6-12(17)13-10(3)8-9-11(15(4,5)16)14(13)18-7-2/h6,8-9H,1,7H2,2-5H3. The maximum atomic E-state index is 12.0. The van der Waals surface area contributed by atoms with E-state index < -0.39 is 0 Å². The molecule has 98 valence electrons. The number of allylic oxidation sites excluding steroid dienone is 1. The topological polar surface area (TPSA) is 26.3 Å². The van der Waals surface area contributed by atoms with Crippen molar-refractivity contribution in [1.29, 1.82) is 0 Å². The second-order valence-corrected chi connectivity index (χ2v) is 6.59. The number of carbonyl (C=O) groups is 1. The number of ether oxygens (including phenoxy) is 1. The van der Waals surface area contributed by atoms with Crippen LogP contribution in [-0.2, 0) is 4.32 Å². The molecule has 0 fully saturated rings. The SMILES string of the molecule is C=CC(=O)c1c(C)ccc(C(C)(C)Br)c1OCC. The van der Waals surface area contributed by atoms with E-state index in [0.717, 1.165) is 11.1 Å². The van der Waals surface area contributed by atoms with Crippen molar-refractivity contribution in [2.75, 3.05) is 6.61 Å². The lowest BCUT2D eigenvalue weighted by Crippen LogP contribution is -2.14. The molecule has 0 heterocycles. The molecule has 2 nitrogen and oxygen atoms in total. The average Bonchev–Trinajstić information content (AvgIpc) is 2.27. The molecule has 0 aliphatic rings. The van der Waals surface area contributed by atoms with Crippen molar-refractivity contribution in [2.24, 2.45) is 0 Å². The lowest BCUT2D eigenvalue weighted by molar-refractivity contribution is 0.104. The van der Waals surface area contributed by atoms with Gasteiger partial charge in [-0.1, -0.05) is 34.6 Å². The fourth-order valence-corrected chi connectivity index (χ4v) is 2.16. The van der Waals surface area contributed by atoms with Crippen LogP contribution in [-0.4, -0.2) is 12.4 Å². The molecule has 18 heavy (non-hydrogen) atoms. The van der Waals surface area contributed by atoms with Crippen LogP contribution in [0.3, 0.4) is 0 Å². The van der Waals surface area contributed by atoms with Gasteiger partial charge in [0.05, 0.1) is 12.2 Å². The number of carbonyl (C=O) groups excluding carboxylic acids is 1. The Balaban J connectivity index is 3.57. The van der Waals surface area contributed by atoms with Gasteiger partial charge in [-0.25, -0.2) is 0 Å². The van der Waals surface area contributed by atoms with E-state index in [-0.39, 0.29) is 10.1 Å². The minimum absolute atomic E-state index is 0.102. The zero-order chi connectivity index (χ0) is 13.9. The molecule has 0 aromatic heterocycles. The maximum absolute atomic E-state index is 12.0. The van der Waals surface area contributed by atoms with E-state index in [0.29, 0.717) is 17.9 Å². The molecule has 0 atom stereocenters. The van der Waals surface area contributed by atoms with Crippen LogP contribution in [0.2, 0.25) is 0 Å². The Labute approximate surface area is 117 Å². The largest absolute Gasteiger partial charge is 0.493 e. The fourth-order valence-electron chi connectivity index (χ4n) is 1.85. The number of alkyl halides is 1. The summed E-state index contributed by atoms with van der Waals surface area (Å²) in [5.41, 5.74) is 2.49. The predicted octanol–water partition coefficient (Wildman–Crippen LogP) is 4.39. The van der Waals surface area contributed by atoms with Gasteiger partial charge in [-0.3, -0.25) is 4.79 Å². The molecule has 0 amide bonds. The van der Waals surface area contributed by atoms with Gasteiger partial charge in [0.1, 0.15) is 5.75 Å². The first-order valence-corrected chi connectivity index (χ1v) is 6.74. The molecule has 0 spiro atoms. The van der Waals surface area contributed by atoms with E-state index in [1.807, 2.05) is 39.8 Å². The summed E-state index contributed by atoms with van der Waals surface area (Å²) in [6.45, 7) is 12.0. The Kier molecular flexibility index (Phi) is 4.74. The third-order valence-corrected chi connectivity index (χ3v) is 3.15. The second kappa shape index (κ2) is 5.70. The number of aryl methyl sites for hydroxylation is 1. The van der Waals surface area contributed by atoms with Gasteiger partial charge in [0.2, 0.25) is 0 Å². The molecular weight excluding hydrogens is 292 g/mol. The minimum Gasteiger partial charge on any atom is -0.493 e. The molecule has 0 saturated carbocycles. The van der Waals surface area contributed by atoms with Gasteiger partial charge in [0, 0.05) is 9.89 Å². The summed E-state index contributed by atoms with van der Waals surface area (Å²) in [5.74, 6) is 0.554. The second-order valence-electron chi connectivity index (χ2n) is 4.61. The summed E-state index contributed by atoms with van der Waals surface area (Å²) in [5, 5.41) is 0. The molecular formula is C15H19BrO2. The van der Waals surface area contributed by atoms with E-state index in [2.05, 4.69) is 22.5 Å². The number of hydrogen-bond acceptors (Lipinski definition) is 2. The van der Waals surface area contributed by atoms with Crippen LogP contribution >= 0.6 is 15.9 Å². The lowest BCUT2D eigenvalue weighted by atomic mass is 9.93. The zero-order valence-corrected chi connectivity index (χ0v) is 12.9. The van der Waals surface area contributed by atoms with Crippen LogP contribution in [0.15, 0.2) is 24.8 Å². The normalized spacial score (nSPS) is 11.2. The summed E-state index contributed by atoms with van der Waals surface area (Å²) in [7, 11) is 0. The van der Waals surface area contributed by atoms with Crippen molar-refractivity contribution in [1.82, 2.24) is 0 Å². The highest BCUT2D eigenvalue weighted by Gasteiger charge is 2.25. The van der Waals surface area contributed by atoms with Gasteiger partial charge < -0.3 is 4.74 Å². The van der Waals surface area contributed by atoms with Crippen LogP contribution in [0.25, 0.3) is 0 Å². The Hall–Kier alpha value is -1.09. The molecule has 0 saturated heterocycles. The average molecular weight is 311 g/mol. The summed E-state index contributed by atoms with van der Waals surface area (Å²) < 4.78 is 5.45. The number of hydrogen-bond donors (Lipinski definition) is 0. The fraction of sp³-hybridized carbons (Fsp3) is 0.400. The smallest absolute Gasteiger partial charge is 0.189 e. The molecule has 0 bridgehead atoms. The third-order valence-electron chi connectivity index (χ3n) is 2.73. The molecule has 1 rings (SSSR count). The molecule has 0 N–H and O–H groups in total. The maximum Gasteiger partial charge on any atom is 0.189 e. The molecule has 0 aliphatic heterocycles. The van der Waals surface area contributed by atoms with Crippen LogP contribution < -0.4 is 4.74 Å². The summed E-state index contributed by atoms with van der Waals surface area (Å²) in [4.78, 5) is 12.0. The highest BCUT2D eigenvalue weighted by Crippen LogP contribution is 2.40. The Morgan fingerprint density at radius 3 is 2.56 bits per heavy atom. The summed E-state index contributed by atoms with van der Waals surface area (Å²) in [6.07, 6.45) is 1.33. The highest BCUT2D eigenvalue weighted by atomic mass is 79.9. The van der Waals surface area contributed by atoms with Gasteiger partial charge in [-0.15, -0.1) is 0 Å². The number of benzene rings is 1. The van der Waals surface area contributed by atoms with Gasteiger partial charge in [-0.2, -0.15) is 0 Å².